The van der Waals surface area contributed by atoms with E-state index in [4.69, 9.17) is 4.74 Å². The van der Waals surface area contributed by atoms with E-state index >= 15 is 0 Å². The Balaban J connectivity index is 1.47. The Labute approximate surface area is 204 Å². The third-order valence-electron chi connectivity index (χ3n) is 11.2. The van der Waals surface area contributed by atoms with Gasteiger partial charge in [-0.3, -0.25) is 4.79 Å². The number of fused-ring (bicyclic) bond motifs is 5. The third-order valence-corrected chi connectivity index (χ3v) is 11.2. The molecule has 33 heavy (non-hydrogen) atoms. The van der Waals surface area contributed by atoms with Crippen LogP contribution in [0, 0.1) is 52.3 Å². The van der Waals surface area contributed by atoms with Gasteiger partial charge in [0.05, 0.1) is 0 Å². The highest BCUT2D eigenvalue weighted by Crippen LogP contribution is 2.66. The quantitative estimate of drug-likeness (QED) is 0.285. The number of ether oxygens (including phenoxy) is 1. The van der Waals surface area contributed by atoms with E-state index < -0.39 is 0 Å². The first-order chi connectivity index (χ1) is 15.6. The van der Waals surface area contributed by atoms with Crippen LogP contribution in [0.2, 0.25) is 0 Å². The molecule has 0 unspecified atom stereocenters. The molecule has 2 saturated carbocycles. The highest BCUT2D eigenvalue weighted by molar-refractivity contribution is 5.66. The average molecular weight is 455 g/mol. The zero-order valence-corrected chi connectivity index (χ0v) is 22.5. The lowest BCUT2D eigenvalue weighted by Crippen LogP contribution is -2.49. The van der Waals surface area contributed by atoms with Gasteiger partial charge in [-0.25, -0.2) is 0 Å². The van der Waals surface area contributed by atoms with Gasteiger partial charge in [0, 0.05) is 18.8 Å². The Bertz CT molecular complexity index is 778. The monoisotopic (exact) mass is 454 g/mol. The minimum Gasteiger partial charge on any atom is -0.458 e. The first kappa shape index (κ1) is 25.1. The predicted octanol–water partition coefficient (Wildman–Crippen LogP) is 8.37. The van der Waals surface area contributed by atoms with Crippen LogP contribution >= 0.6 is 0 Å². The molecule has 0 aliphatic heterocycles. The summed E-state index contributed by atoms with van der Waals surface area (Å²) in [6.45, 7) is 16.5. The maximum Gasteiger partial charge on any atom is 0.303 e. The number of rotatable bonds is 7. The van der Waals surface area contributed by atoms with E-state index in [1.807, 2.05) is 0 Å². The largest absolute Gasteiger partial charge is 0.458 e. The second kappa shape index (κ2) is 9.54. The maximum absolute atomic E-state index is 11.5. The minimum absolute atomic E-state index is 0.0678. The molecule has 9 atom stereocenters. The van der Waals surface area contributed by atoms with Crippen molar-refractivity contribution < 1.29 is 9.53 Å². The van der Waals surface area contributed by atoms with Gasteiger partial charge in [-0.1, -0.05) is 72.1 Å². The molecular formula is C31H50O2. The summed E-state index contributed by atoms with van der Waals surface area (Å²) in [5.41, 5.74) is 2.22. The molecule has 4 aliphatic rings. The number of allylic oxidation sites excluding steroid dienone is 2. The SMILES string of the molecule is CC[C@H](CC[C@@H](C)[C@H]1CC[C@H]2[C@@H]3CC=C4C[C@@H](OC(C)=O)C=C[C@]4(C)[C@H]3CC[C@]12C)C(C)C. The number of esters is 1. The Hall–Kier alpha value is -1.05. The molecule has 0 aromatic heterocycles. The van der Waals surface area contributed by atoms with Crippen LogP contribution in [0.25, 0.3) is 0 Å². The van der Waals surface area contributed by atoms with Crippen LogP contribution in [0.4, 0.5) is 0 Å². The normalized spacial score (nSPS) is 41.6. The molecule has 4 rings (SSSR count). The van der Waals surface area contributed by atoms with Crippen LogP contribution in [0.3, 0.4) is 0 Å². The van der Waals surface area contributed by atoms with Gasteiger partial charge in [0.25, 0.3) is 0 Å². The van der Waals surface area contributed by atoms with Crippen molar-refractivity contribution in [3.05, 3.63) is 23.8 Å². The van der Waals surface area contributed by atoms with Gasteiger partial charge in [-0.05, 0) is 91.4 Å². The second-order valence-electron chi connectivity index (χ2n) is 13.0. The molecule has 2 nitrogen and oxygen atoms in total. The van der Waals surface area contributed by atoms with Crippen LogP contribution in [-0.2, 0) is 9.53 Å². The van der Waals surface area contributed by atoms with Gasteiger partial charge in [0.1, 0.15) is 6.10 Å². The molecule has 2 fully saturated rings. The Morgan fingerprint density at radius 1 is 1.12 bits per heavy atom. The van der Waals surface area contributed by atoms with E-state index in [0.717, 1.165) is 47.8 Å². The van der Waals surface area contributed by atoms with Crippen molar-refractivity contribution >= 4 is 5.97 Å². The van der Waals surface area contributed by atoms with E-state index in [9.17, 15) is 4.79 Å². The highest BCUT2D eigenvalue weighted by atomic mass is 16.5. The lowest BCUT2D eigenvalue weighted by molar-refractivity contribution is -0.144. The zero-order chi connectivity index (χ0) is 24.0. The highest BCUT2D eigenvalue weighted by Gasteiger charge is 2.58. The number of hydrogen-bond acceptors (Lipinski definition) is 2. The predicted molar refractivity (Wildman–Crippen MR) is 138 cm³/mol. The molecule has 0 bridgehead atoms. The molecule has 0 aromatic rings. The second-order valence-corrected chi connectivity index (χ2v) is 13.0. The van der Waals surface area contributed by atoms with Gasteiger partial charge in [0.15, 0.2) is 0 Å². The molecular weight excluding hydrogens is 404 g/mol. The van der Waals surface area contributed by atoms with Crippen molar-refractivity contribution in [1.82, 2.24) is 0 Å². The maximum atomic E-state index is 11.5. The minimum atomic E-state index is -0.166. The van der Waals surface area contributed by atoms with E-state index in [1.54, 1.807) is 0 Å². The van der Waals surface area contributed by atoms with E-state index in [0.29, 0.717) is 5.41 Å². The van der Waals surface area contributed by atoms with Gasteiger partial charge in [0.2, 0.25) is 0 Å². The summed E-state index contributed by atoms with van der Waals surface area (Å²) in [6.07, 6.45) is 19.0. The standard InChI is InChI=1S/C31H50O2/c1-8-23(20(2)3)10-9-21(4)27-13-14-28-26-12-11-24-19-25(33-22(5)32)15-17-30(24,6)29(26)16-18-31(27,28)7/h11,15,17,20-21,23,25-29H,8-10,12-14,16,18-19H2,1-7H3/t21-,23-,25+,26+,27-,28+,29+,30+,31-/m1/s1. The number of hydrogen-bond donors (Lipinski definition) is 0. The third kappa shape index (κ3) is 4.50. The lowest BCUT2D eigenvalue weighted by Gasteiger charge is -2.57. The van der Waals surface area contributed by atoms with Gasteiger partial charge in [-0.15, -0.1) is 0 Å². The molecule has 4 aliphatic carbocycles. The van der Waals surface area contributed by atoms with E-state index in [1.165, 1.54) is 63.9 Å². The van der Waals surface area contributed by atoms with Crippen LogP contribution < -0.4 is 0 Å². The van der Waals surface area contributed by atoms with Crippen molar-refractivity contribution in [3.8, 4) is 0 Å². The fraction of sp³-hybridized carbons (Fsp3) is 0.839. The number of carbonyl (C=O) groups excluding carboxylic acids is 1. The molecule has 186 valence electrons. The fourth-order valence-electron chi connectivity index (χ4n) is 9.18. The fourth-order valence-corrected chi connectivity index (χ4v) is 9.18. The van der Waals surface area contributed by atoms with Crippen molar-refractivity contribution in [2.24, 2.45) is 52.3 Å². The van der Waals surface area contributed by atoms with E-state index in [2.05, 4.69) is 59.8 Å². The van der Waals surface area contributed by atoms with Crippen LogP contribution in [-0.4, -0.2) is 12.1 Å². The topological polar surface area (TPSA) is 26.3 Å². The van der Waals surface area contributed by atoms with Crippen LogP contribution in [0.15, 0.2) is 23.8 Å². The lowest BCUT2D eigenvalue weighted by atomic mass is 9.48. The van der Waals surface area contributed by atoms with Crippen molar-refractivity contribution in [1.29, 1.82) is 0 Å². The summed E-state index contributed by atoms with van der Waals surface area (Å²) in [4.78, 5) is 11.5. The van der Waals surface area contributed by atoms with Crippen molar-refractivity contribution in [2.45, 2.75) is 112 Å². The molecule has 0 aromatic carbocycles. The summed E-state index contributed by atoms with van der Waals surface area (Å²) < 4.78 is 5.54. The summed E-state index contributed by atoms with van der Waals surface area (Å²) in [7, 11) is 0. The molecule has 0 radical (unpaired) electrons. The molecule has 0 heterocycles. The molecule has 0 N–H and O–H groups in total. The Kier molecular flexibility index (Phi) is 7.24. The Morgan fingerprint density at radius 2 is 1.88 bits per heavy atom. The van der Waals surface area contributed by atoms with Gasteiger partial charge in [-0.2, -0.15) is 0 Å². The summed E-state index contributed by atoms with van der Waals surface area (Å²) >= 11 is 0. The van der Waals surface area contributed by atoms with Gasteiger partial charge < -0.3 is 4.74 Å². The Morgan fingerprint density at radius 3 is 2.55 bits per heavy atom. The van der Waals surface area contributed by atoms with Crippen LogP contribution in [0.1, 0.15) is 106 Å². The molecule has 0 spiro atoms. The molecule has 2 heteroatoms. The summed E-state index contributed by atoms with van der Waals surface area (Å²) in [5.74, 6) is 5.76. The first-order valence-electron chi connectivity index (χ1n) is 14.2. The van der Waals surface area contributed by atoms with Crippen LogP contribution in [0.5, 0.6) is 0 Å². The molecule has 0 saturated heterocycles. The zero-order valence-electron chi connectivity index (χ0n) is 22.5. The summed E-state index contributed by atoms with van der Waals surface area (Å²) in [6, 6.07) is 0. The van der Waals surface area contributed by atoms with Crippen molar-refractivity contribution in [2.75, 3.05) is 0 Å². The molecule has 0 amide bonds. The van der Waals surface area contributed by atoms with Gasteiger partial charge >= 0.3 is 5.97 Å². The average Bonchev–Trinajstić information content (AvgIpc) is 3.11. The van der Waals surface area contributed by atoms with E-state index in [-0.39, 0.29) is 17.5 Å². The smallest absolute Gasteiger partial charge is 0.303 e. The van der Waals surface area contributed by atoms with Crippen molar-refractivity contribution in [3.63, 3.8) is 0 Å². The number of carbonyl (C=O) groups is 1. The summed E-state index contributed by atoms with van der Waals surface area (Å²) in [5, 5.41) is 0. The first-order valence-corrected chi connectivity index (χ1v) is 14.2.